The van der Waals surface area contributed by atoms with Crippen LogP contribution in [0.1, 0.15) is 55.4 Å². The van der Waals surface area contributed by atoms with Crippen LogP contribution in [0.25, 0.3) is 11.5 Å². The number of hydrogen-bond donors (Lipinski definition) is 0. The van der Waals surface area contributed by atoms with E-state index >= 15 is 0 Å². The normalized spacial score (nSPS) is 15.3. The highest BCUT2D eigenvalue weighted by atomic mass is 16.5. The predicted molar refractivity (Wildman–Crippen MR) is 112 cm³/mol. The van der Waals surface area contributed by atoms with Crippen molar-refractivity contribution >= 4 is 5.95 Å². The van der Waals surface area contributed by atoms with Crippen LogP contribution in [-0.2, 0) is 6.42 Å². The van der Waals surface area contributed by atoms with Crippen LogP contribution in [0.4, 0.5) is 5.95 Å². The molecule has 0 atom stereocenters. The van der Waals surface area contributed by atoms with Crippen LogP contribution in [0.15, 0.2) is 28.9 Å². The Hall–Kier alpha value is -2.83. The average molecular weight is 393 g/mol. The zero-order valence-electron chi connectivity index (χ0n) is 17.6. The Bertz CT molecular complexity index is 937. The van der Waals surface area contributed by atoms with Crippen molar-refractivity contribution in [3.05, 3.63) is 47.2 Å². The van der Waals surface area contributed by atoms with Crippen LogP contribution in [0, 0.1) is 19.8 Å². The summed E-state index contributed by atoms with van der Waals surface area (Å²) in [6.07, 6.45) is 4.65. The molecule has 4 heterocycles. The number of nitrogens with zero attached hydrogens (tertiary/aromatic N) is 6. The molecule has 0 N–H and O–H groups in total. The molecule has 4 rings (SSSR count). The second-order valence-electron chi connectivity index (χ2n) is 8.20. The van der Waals surface area contributed by atoms with E-state index in [0.717, 1.165) is 55.4 Å². The van der Waals surface area contributed by atoms with Crippen LogP contribution >= 0.6 is 0 Å². The van der Waals surface area contributed by atoms with Crippen molar-refractivity contribution in [3.63, 3.8) is 0 Å². The standard InChI is InChI=1S/C22H28N6O/c1-14(2)13-18-15(3)24-22(25-16(18)4)28-11-8-17(9-12-28)21-26-20(27-29-21)19-7-5-6-10-23-19/h5-7,10,14,17H,8-9,11-13H2,1-4H3. The molecule has 1 aliphatic heterocycles. The Labute approximate surface area is 171 Å². The molecule has 0 amide bonds. The molecular formula is C22H28N6O. The highest BCUT2D eigenvalue weighted by Gasteiger charge is 2.27. The minimum absolute atomic E-state index is 0.263. The van der Waals surface area contributed by atoms with Crippen LogP contribution in [0.2, 0.25) is 0 Å². The minimum atomic E-state index is 0.263. The summed E-state index contributed by atoms with van der Waals surface area (Å²) in [5.41, 5.74) is 4.22. The van der Waals surface area contributed by atoms with E-state index in [9.17, 15) is 0 Å². The van der Waals surface area contributed by atoms with Gasteiger partial charge in [0.1, 0.15) is 5.69 Å². The number of hydrogen-bond acceptors (Lipinski definition) is 7. The van der Waals surface area contributed by atoms with E-state index in [1.807, 2.05) is 18.2 Å². The number of pyridine rings is 1. The Kier molecular flexibility index (Phi) is 5.56. The van der Waals surface area contributed by atoms with E-state index in [1.54, 1.807) is 6.20 Å². The lowest BCUT2D eigenvalue weighted by Gasteiger charge is -2.31. The number of rotatable bonds is 5. The zero-order valence-corrected chi connectivity index (χ0v) is 17.6. The van der Waals surface area contributed by atoms with Gasteiger partial charge in [-0.25, -0.2) is 9.97 Å². The van der Waals surface area contributed by atoms with Gasteiger partial charge in [-0.1, -0.05) is 25.1 Å². The maximum Gasteiger partial charge on any atom is 0.230 e. The highest BCUT2D eigenvalue weighted by molar-refractivity contribution is 5.47. The van der Waals surface area contributed by atoms with E-state index < -0.39 is 0 Å². The average Bonchev–Trinajstić information content (AvgIpc) is 3.21. The topological polar surface area (TPSA) is 80.8 Å². The Balaban J connectivity index is 1.43. The van der Waals surface area contributed by atoms with Gasteiger partial charge in [0, 0.05) is 36.6 Å². The quantitative estimate of drug-likeness (QED) is 0.646. The number of piperidine rings is 1. The largest absolute Gasteiger partial charge is 0.341 e. The van der Waals surface area contributed by atoms with Gasteiger partial charge in [0.25, 0.3) is 0 Å². The fraction of sp³-hybridized carbons (Fsp3) is 0.500. The molecule has 0 bridgehead atoms. The van der Waals surface area contributed by atoms with E-state index in [4.69, 9.17) is 14.5 Å². The zero-order chi connectivity index (χ0) is 20.4. The molecule has 0 spiro atoms. The summed E-state index contributed by atoms with van der Waals surface area (Å²) in [6, 6.07) is 5.69. The third-order valence-corrected chi connectivity index (χ3v) is 5.48. The van der Waals surface area contributed by atoms with Crippen molar-refractivity contribution in [2.75, 3.05) is 18.0 Å². The molecule has 1 fully saturated rings. The van der Waals surface area contributed by atoms with E-state index in [0.29, 0.717) is 17.6 Å². The lowest BCUT2D eigenvalue weighted by molar-refractivity contribution is 0.329. The van der Waals surface area contributed by atoms with Gasteiger partial charge in [0.2, 0.25) is 17.7 Å². The molecular weight excluding hydrogens is 364 g/mol. The molecule has 3 aromatic rings. The summed E-state index contributed by atoms with van der Waals surface area (Å²) < 4.78 is 5.54. The summed E-state index contributed by atoms with van der Waals surface area (Å²) in [4.78, 5) is 20.8. The molecule has 0 aromatic carbocycles. The van der Waals surface area contributed by atoms with Crippen LogP contribution in [0.3, 0.4) is 0 Å². The summed E-state index contributed by atoms with van der Waals surface area (Å²) in [5, 5.41) is 4.11. The van der Waals surface area contributed by atoms with Crippen LogP contribution in [-0.4, -0.2) is 38.2 Å². The van der Waals surface area contributed by atoms with Gasteiger partial charge < -0.3 is 9.42 Å². The summed E-state index contributed by atoms with van der Waals surface area (Å²) in [7, 11) is 0. The summed E-state index contributed by atoms with van der Waals surface area (Å²) >= 11 is 0. The molecule has 0 aliphatic carbocycles. The predicted octanol–water partition coefficient (Wildman–Crippen LogP) is 4.12. The Morgan fingerprint density at radius 1 is 1.07 bits per heavy atom. The third-order valence-electron chi connectivity index (χ3n) is 5.48. The van der Waals surface area contributed by atoms with Gasteiger partial charge >= 0.3 is 0 Å². The molecule has 7 heteroatoms. The van der Waals surface area contributed by atoms with Gasteiger partial charge in [-0.3, -0.25) is 4.98 Å². The summed E-state index contributed by atoms with van der Waals surface area (Å²) in [6.45, 7) is 10.4. The first-order valence-corrected chi connectivity index (χ1v) is 10.4. The molecule has 3 aromatic heterocycles. The molecule has 0 unspecified atom stereocenters. The first kappa shape index (κ1) is 19.5. The van der Waals surface area contributed by atoms with Crippen molar-refractivity contribution < 1.29 is 4.52 Å². The SMILES string of the molecule is Cc1nc(N2CCC(c3nc(-c4ccccn4)no3)CC2)nc(C)c1CC(C)C. The Morgan fingerprint density at radius 2 is 1.79 bits per heavy atom. The van der Waals surface area contributed by atoms with E-state index in [2.05, 4.69) is 47.7 Å². The number of aromatic nitrogens is 5. The Morgan fingerprint density at radius 3 is 2.41 bits per heavy atom. The monoisotopic (exact) mass is 392 g/mol. The second-order valence-corrected chi connectivity index (χ2v) is 8.20. The van der Waals surface area contributed by atoms with Crippen molar-refractivity contribution in [2.45, 2.75) is 52.9 Å². The third kappa shape index (κ3) is 4.28. The van der Waals surface area contributed by atoms with Crippen molar-refractivity contribution in [2.24, 2.45) is 5.92 Å². The van der Waals surface area contributed by atoms with Gasteiger partial charge in [-0.05, 0) is 56.7 Å². The molecule has 1 aliphatic rings. The van der Waals surface area contributed by atoms with Gasteiger partial charge in [-0.15, -0.1) is 0 Å². The number of aryl methyl sites for hydroxylation is 2. The lowest BCUT2D eigenvalue weighted by atomic mass is 9.97. The van der Waals surface area contributed by atoms with Gasteiger partial charge in [0.05, 0.1) is 0 Å². The first-order chi connectivity index (χ1) is 14.0. The van der Waals surface area contributed by atoms with Crippen LogP contribution in [0.5, 0.6) is 0 Å². The molecule has 29 heavy (non-hydrogen) atoms. The van der Waals surface area contributed by atoms with Crippen molar-refractivity contribution in [3.8, 4) is 11.5 Å². The molecule has 7 nitrogen and oxygen atoms in total. The van der Waals surface area contributed by atoms with Crippen LogP contribution < -0.4 is 4.90 Å². The molecule has 1 saturated heterocycles. The maximum absolute atomic E-state index is 5.54. The maximum atomic E-state index is 5.54. The number of anilines is 1. The fourth-order valence-electron chi connectivity index (χ4n) is 3.89. The van der Waals surface area contributed by atoms with E-state index in [1.165, 1.54) is 5.56 Å². The fourth-order valence-corrected chi connectivity index (χ4v) is 3.89. The minimum Gasteiger partial charge on any atom is -0.341 e. The van der Waals surface area contributed by atoms with Crippen molar-refractivity contribution in [1.29, 1.82) is 0 Å². The van der Waals surface area contributed by atoms with Gasteiger partial charge in [-0.2, -0.15) is 4.98 Å². The van der Waals surface area contributed by atoms with E-state index in [-0.39, 0.29) is 5.92 Å². The molecule has 0 radical (unpaired) electrons. The first-order valence-electron chi connectivity index (χ1n) is 10.4. The lowest BCUT2D eigenvalue weighted by Crippen LogP contribution is -2.34. The second kappa shape index (κ2) is 8.27. The molecule has 0 saturated carbocycles. The highest BCUT2D eigenvalue weighted by Crippen LogP contribution is 2.30. The smallest absolute Gasteiger partial charge is 0.230 e. The van der Waals surface area contributed by atoms with Crippen molar-refractivity contribution in [1.82, 2.24) is 25.1 Å². The van der Waals surface area contributed by atoms with Gasteiger partial charge in [0.15, 0.2) is 0 Å². The summed E-state index contributed by atoms with van der Waals surface area (Å²) in [5.74, 6) is 2.96. The molecule has 152 valence electrons.